The predicted octanol–water partition coefficient (Wildman–Crippen LogP) is -1.61. The number of sulfonamides is 1. The van der Waals surface area contributed by atoms with Crippen molar-refractivity contribution in [3.05, 3.63) is 0 Å². The second-order valence-corrected chi connectivity index (χ2v) is 5.09. The molecule has 0 aliphatic rings. The highest BCUT2D eigenvalue weighted by molar-refractivity contribution is 7.90. The van der Waals surface area contributed by atoms with Crippen LogP contribution in [0.2, 0.25) is 0 Å². The lowest BCUT2D eigenvalue weighted by Crippen LogP contribution is -2.38. The Bertz CT molecular complexity index is 276. The van der Waals surface area contributed by atoms with Crippen LogP contribution in [-0.2, 0) is 14.8 Å². The van der Waals surface area contributed by atoms with Gasteiger partial charge in [-0.2, -0.15) is 0 Å². The first-order chi connectivity index (χ1) is 6.44. The summed E-state index contributed by atoms with van der Waals surface area (Å²) in [5.74, 6) is -0.201. The van der Waals surface area contributed by atoms with Gasteiger partial charge in [0.05, 0.1) is 5.25 Å². The van der Waals surface area contributed by atoms with E-state index in [1.807, 2.05) is 0 Å². The molecule has 0 aromatic heterocycles. The molecular weight excluding hydrogens is 206 g/mol. The van der Waals surface area contributed by atoms with Crippen molar-refractivity contribution >= 4 is 15.9 Å². The Labute approximate surface area is 84.3 Å². The highest BCUT2D eigenvalue weighted by Gasteiger charge is 2.18. The van der Waals surface area contributed by atoms with E-state index in [9.17, 15) is 13.2 Å². The highest BCUT2D eigenvalue weighted by Crippen LogP contribution is 1.95. The minimum absolute atomic E-state index is 0.0648. The van der Waals surface area contributed by atoms with Crippen molar-refractivity contribution in [1.29, 1.82) is 0 Å². The molecule has 0 aromatic rings. The van der Waals surface area contributed by atoms with Gasteiger partial charge in [0, 0.05) is 26.6 Å². The van der Waals surface area contributed by atoms with E-state index in [1.165, 1.54) is 14.0 Å². The van der Waals surface area contributed by atoms with Gasteiger partial charge in [-0.3, -0.25) is 4.79 Å². The molecule has 0 saturated heterocycles. The zero-order valence-corrected chi connectivity index (χ0v) is 9.23. The monoisotopic (exact) mass is 223 g/mol. The molecule has 0 rings (SSSR count). The van der Waals surface area contributed by atoms with Crippen LogP contribution < -0.4 is 15.8 Å². The summed E-state index contributed by atoms with van der Waals surface area (Å²) in [6, 6.07) is 0. The van der Waals surface area contributed by atoms with Gasteiger partial charge in [0.1, 0.15) is 0 Å². The summed E-state index contributed by atoms with van der Waals surface area (Å²) >= 11 is 0. The lowest BCUT2D eigenvalue weighted by molar-refractivity contribution is -0.120. The molecule has 1 unspecified atom stereocenters. The lowest BCUT2D eigenvalue weighted by Gasteiger charge is -2.11. The van der Waals surface area contributed by atoms with Gasteiger partial charge < -0.3 is 11.1 Å². The summed E-state index contributed by atoms with van der Waals surface area (Å²) in [5, 5.41) is 1.76. The van der Waals surface area contributed by atoms with Crippen LogP contribution in [0.5, 0.6) is 0 Å². The van der Waals surface area contributed by atoms with Gasteiger partial charge in [-0.15, -0.1) is 0 Å². The topological polar surface area (TPSA) is 101 Å². The van der Waals surface area contributed by atoms with Crippen LogP contribution in [-0.4, -0.2) is 39.7 Å². The van der Waals surface area contributed by atoms with Crippen molar-refractivity contribution in [1.82, 2.24) is 10.0 Å². The molecule has 0 aliphatic carbocycles. The zero-order chi connectivity index (χ0) is 11.2. The van der Waals surface area contributed by atoms with Crippen LogP contribution in [0.25, 0.3) is 0 Å². The van der Waals surface area contributed by atoms with Gasteiger partial charge in [-0.1, -0.05) is 0 Å². The smallest absolute Gasteiger partial charge is 0.221 e. The number of carbonyl (C=O) groups excluding carboxylic acids is 1. The number of nitrogens with two attached hydrogens (primary N) is 1. The lowest BCUT2D eigenvalue weighted by atomic mass is 10.4. The first-order valence-corrected chi connectivity index (χ1v) is 5.87. The molecule has 0 spiro atoms. The standard InChI is InChI=1S/C7H17N3O3S/c1-6(5-8)14(12,13)10-4-3-7(11)9-2/h6,10H,3-5,8H2,1-2H3,(H,9,11). The van der Waals surface area contributed by atoms with E-state index in [0.717, 1.165) is 0 Å². The fraction of sp³-hybridized carbons (Fsp3) is 0.857. The molecule has 0 fully saturated rings. The quantitative estimate of drug-likeness (QED) is 0.504. The van der Waals surface area contributed by atoms with Gasteiger partial charge in [0.2, 0.25) is 15.9 Å². The normalized spacial score (nSPS) is 13.6. The Hall–Kier alpha value is -0.660. The fourth-order valence-corrected chi connectivity index (χ4v) is 1.63. The van der Waals surface area contributed by atoms with Crippen molar-refractivity contribution in [2.45, 2.75) is 18.6 Å². The third kappa shape index (κ3) is 4.54. The average Bonchev–Trinajstić information content (AvgIpc) is 2.15. The first kappa shape index (κ1) is 13.3. The maximum atomic E-state index is 11.3. The van der Waals surface area contributed by atoms with Crippen LogP contribution in [0.4, 0.5) is 0 Å². The average molecular weight is 223 g/mol. The molecule has 0 bridgehead atoms. The number of carbonyl (C=O) groups is 1. The molecule has 0 radical (unpaired) electrons. The maximum absolute atomic E-state index is 11.3. The molecule has 4 N–H and O–H groups in total. The van der Waals surface area contributed by atoms with Gasteiger partial charge >= 0.3 is 0 Å². The summed E-state index contributed by atoms with van der Waals surface area (Å²) in [5.41, 5.74) is 5.22. The van der Waals surface area contributed by atoms with E-state index in [4.69, 9.17) is 5.73 Å². The second kappa shape index (κ2) is 5.94. The predicted molar refractivity (Wildman–Crippen MR) is 54.1 cm³/mol. The number of rotatable bonds is 6. The van der Waals surface area contributed by atoms with Crippen LogP contribution in [0.1, 0.15) is 13.3 Å². The van der Waals surface area contributed by atoms with Crippen LogP contribution in [0.15, 0.2) is 0 Å². The number of nitrogens with one attached hydrogen (secondary N) is 2. The molecule has 1 atom stereocenters. The van der Waals surface area contributed by atoms with Crippen molar-refractivity contribution in [2.75, 3.05) is 20.1 Å². The Morgan fingerprint density at radius 1 is 1.50 bits per heavy atom. The maximum Gasteiger partial charge on any atom is 0.221 e. The summed E-state index contributed by atoms with van der Waals surface area (Å²) in [7, 11) is -1.87. The third-order valence-corrected chi connectivity index (χ3v) is 3.65. The first-order valence-electron chi connectivity index (χ1n) is 4.33. The Balaban J connectivity index is 3.95. The molecule has 6 nitrogen and oxygen atoms in total. The SMILES string of the molecule is CNC(=O)CCNS(=O)(=O)C(C)CN. The van der Waals surface area contributed by atoms with Gasteiger partial charge in [-0.25, -0.2) is 13.1 Å². The van der Waals surface area contributed by atoms with Crippen LogP contribution >= 0.6 is 0 Å². The van der Waals surface area contributed by atoms with Gasteiger partial charge in [0.15, 0.2) is 0 Å². The zero-order valence-electron chi connectivity index (χ0n) is 8.41. The van der Waals surface area contributed by atoms with E-state index in [0.29, 0.717) is 0 Å². The van der Waals surface area contributed by atoms with E-state index in [2.05, 4.69) is 10.0 Å². The van der Waals surface area contributed by atoms with Crippen molar-refractivity contribution in [2.24, 2.45) is 5.73 Å². The van der Waals surface area contributed by atoms with Crippen molar-refractivity contribution < 1.29 is 13.2 Å². The summed E-state index contributed by atoms with van der Waals surface area (Å²) in [4.78, 5) is 10.8. The van der Waals surface area contributed by atoms with Gasteiger partial charge in [0.25, 0.3) is 0 Å². The second-order valence-electron chi connectivity index (χ2n) is 2.91. The van der Waals surface area contributed by atoms with E-state index >= 15 is 0 Å². The number of hydrogen-bond donors (Lipinski definition) is 3. The molecular formula is C7H17N3O3S. The van der Waals surface area contributed by atoms with Crippen molar-refractivity contribution in [3.8, 4) is 0 Å². The molecule has 7 heteroatoms. The third-order valence-electron chi connectivity index (χ3n) is 1.80. The Morgan fingerprint density at radius 3 is 2.50 bits per heavy atom. The van der Waals surface area contributed by atoms with Crippen LogP contribution in [0.3, 0.4) is 0 Å². The molecule has 1 amide bonds. The fourth-order valence-electron chi connectivity index (χ4n) is 0.701. The minimum Gasteiger partial charge on any atom is -0.359 e. The largest absolute Gasteiger partial charge is 0.359 e. The Morgan fingerprint density at radius 2 is 2.07 bits per heavy atom. The van der Waals surface area contributed by atoms with Crippen molar-refractivity contribution in [3.63, 3.8) is 0 Å². The van der Waals surface area contributed by atoms with Gasteiger partial charge in [-0.05, 0) is 6.92 Å². The van der Waals surface area contributed by atoms with Crippen LogP contribution in [0, 0.1) is 0 Å². The minimum atomic E-state index is -3.37. The molecule has 0 heterocycles. The number of hydrogen-bond acceptors (Lipinski definition) is 4. The summed E-state index contributed by atoms with van der Waals surface area (Å²) in [6.07, 6.45) is 0.132. The molecule has 0 saturated carbocycles. The van der Waals surface area contributed by atoms with E-state index in [-0.39, 0.29) is 25.4 Å². The summed E-state index contributed by atoms with van der Waals surface area (Å²) < 4.78 is 24.9. The highest BCUT2D eigenvalue weighted by atomic mass is 32.2. The van der Waals surface area contributed by atoms with E-state index < -0.39 is 15.3 Å². The summed E-state index contributed by atoms with van der Waals surface area (Å²) in [6.45, 7) is 1.68. The number of amides is 1. The molecule has 0 aliphatic heterocycles. The molecule has 14 heavy (non-hydrogen) atoms. The molecule has 0 aromatic carbocycles. The Kier molecular flexibility index (Phi) is 5.66. The van der Waals surface area contributed by atoms with E-state index in [1.54, 1.807) is 0 Å². The molecule has 84 valence electrons.